The highest BCUT2D eigenvalue weighted by atomic mass is 35.5. The molecule has 0 spiro atoms. The van der Waals surface area contributed by atoms with Crippen LogP contribution in [-0.2, 0) is 26.4 Å². The first-order valence-corrected chi connectivity index (χ1v) is 8.28. The van der Waals surface area contributed by atoms with Crippen molar-refractivity contribution in [2.45, 2.75) is 26.3 Å². The van der Waals surface area contributed by atoms with Gasteiger partial charge in [0, 0.05) is 13.2 Å². The Hall–Kier alpha value is -2.27. The molecule has 0 amide bonds. The fourth-order valence-electron chi connectivity index (χ4n) is 2.74. The van der Waals surface area contributed by atoms with E-state index in [1.165, 1.54) is 5.56 Å². The second-order valence-electron chi connectivity index (χ2n) is 5.82. The molecule has 1 aromatic carbocycles. The van der Waals surface area contributed by atoms with Gasteiger partial charge >= 0.3 is 0 Å². The van der Waals surface area contributed by atoms with E-state index in [-0.39, 0.29) is 0 Å². The SMILES string of the molecule is COc1ccc(Cn2ccc(CCc3c(Cl)c(C)nn3C)n2)cc1. The van der Waals surface area contributed by atoms with Crippen LogP contribution in [0.3, 0.4) is 0 Å². The number of rotatable bonds is 6. The average molecular weight is 345 g/mol. The van der Waals surface area contributed by atoms with Crippen molar-refractivity contribution < 1.29 is 4.74 Å². The van der Waals surface area contributed by atoms with Crippen LogP contribution in [0.4, 0.5) is 0 Å². The highest BCUT2D eigenvalue weighted by Crippen LogP contribution is 2.21. The Morgan fingerprint density at radius 1 is 1.08 bits per heavy atom. The summed E-state index contributed by atoms with van der Waals surface area (Å²) in [5.41, 5.74) is 4.17. The lowest BCUT2D eigenvalue weighted by Crippen LogP contribution is -2.03. The molecule has 2 heterocycles. The summed E-state index contributed by atoms with van der Waals surface area (Å²) in [7, 11) is 3.60. The van der Waals surface area contributed by atoms with E-state index in [2.05, 4.69) is 28.4 Å². The second kappa shape index (κ2) is 7.09. The molecule has 126 valence electrons. The van der Waals surface area contributed by atoms with Crippen molar-refractivity contribution in [2.24, 2.45) is 7.05 Å². The van der Waals surface area contributed by atoms with Gasteiger partial charge in [-0.2, -0.15) is 10.2 Å². The standard InChI is InChI=1S/C18H21ClN4O/c1-13-18(19)17(22(2)20-13)9-6-15-10-11-23(21-15)12-14-4-7-16(24-3)8-5-14/h4-5,7-8,10-11H,6,9,12H2,1-3H3. The number of methoxy groups -OCH3 is 1. The summed E-state index contributed by atoms with van der Waals surface area (Å²) in [6, 6.07) is 10.1. The Bertz CT molecular complexity index is 820. The van der Waals surface area contributed by atoms with Crippen LogP contribution in [0, 0.1) is 6.92 Å². The maximum atomic E-state index is 6.30. The molecule has 6 heteroatoms. The van der Waals surface area contributed by atoms with Gasteiger partial charge in [-0.1, -0.05) is 23.7 Å². The number of hydrogen-bond donors (Lipinski definition) is 0. The van der Waals surface area contributed by atoms with Gasteiger partial charge < -0.3 is 4.74 Å². The summed E-state index contributed by atoms with van der Waals surface area (Å²) in [6.45, 7) is 2.67. The van der Waals surface area contributed by atoms with Gasteiger partial charge in [-0.3, -0.25) is 9.36 Å². The fraction of sp³-hybridized carbons (Fsp3) is 0.333. The van der Waals surface area contributed by atoms with E-state index < -0.39 is 0 Å². The molecule has 0 N–H and O–H groups in total. The minimum atomic E-state index is 0.746. The predicted molar refractivity (Wildman–Crippen MR) is 94.7 cm³/mol. The van der Waals surface area contributed by atoms with Crippen LogP contribution < -0.4 is 4.74 Å². The van der Waals surface area contributed by atoms with Crippen molar-refractivity contribution in [1.29, 1.82) is 0 Å². The van der Waals surface area contributed by atoms with E-state index in [4.69, 9.17) is 16.3 Å². The molecular weight excluding hydrogens is 324 g/mol. The number of halogens is 1. The van der Waals surface area contributed by atoms with Gasteiger partial charge in [0.1, 0.15) is 5.75 Å². The third kappa shape index (κ3) is 3.62. The zero-order valence-corrected chi connectivity index (χ0v) is 14.9. The molecule has 0 saturated carbocycles. The van der Waals surface area contributed by atoms with Crippen LogP contribution in [0.15, 0.2) is 36.5 Å². The minimum Gasteiger partial charge on any atom is -0.497 e. The molecular formula is C18H21ClN4O. The largest absolute Gasteiger partial charge is 0.497 e. The van der Waals surface area contributed by atoms with Crippen LogP contribution >= 0.6 is 11.6 Å². The highest BCUT2D eigenvalue weighted by molar-refractivity contribution is 6.31. The van der Waals surface area contributed by atoms with Crippen molar-refractivity contribution in [3.8, 4) is 5.75 Å². The monoisotopic (exact) mass is 344 g/mol. The van der Waals surface area contributed by atoms with E-state index in [1.807, 2.05) is 41.7 Å². The first kappa shape index (κ1) is 16.6. The van der Waals surface area contributed by atoms with E-state index in [0.717, 1.165) is 47.2 Å². The lowest BCUT2D eigenvalue weighted by molar-refractivity contribution is 0.414. The fourth-order valence-corrected chi connectivity index (χ4v) is 3.00. The van der Waals surface area contributed by atoms with Gasteiger partial charge in [0.2, 0.25) is 0 Å². The van der Waals surface area contributed by atoms with Crippen molar-refractivity contribution in [3.05, 3.63) is 64.2 Å². The number of aryl methyl sites for hydroxylation is 3. The van der Waals surface area contributed by atoms with Crippen LogP contribution in [0.25, 0.3) is 0 Å². The molecule has 0 unspecified atom stereocenters. The molecule has 0 radical (unpaired) electrons. The third-order valence-electron chi connectivity index (χ3n) is 4.08. The number of benzene rings is 1. The molecule has 0 aliphatic carbocycles. The number of aromatic nitrogens is 4. The zero-order valence-electron chi connectivity index (χ0n) is 14.2. The molecule has 24 heavy (non-hydrogen) atoms. The summed E-state index contributed by atoms with van der Waals surface area (Å²) in [4.78, 5) is 0. The molecule has 0 saturated heterocycles. The van der Waals surface area contributed by atoms with E-state index >= 15 is 0 Å². The maximum absolute atomic E-state index is 6.30. The molecule has 3 rings (SSSR count). The summed E-state index contributed by atoms with van der Waals surface area (Å²) >= 11 is 6.30. The normalized spacial score (nSPS) is 11.0. The van der Waals surface area contributed by atoms with Crippen LogP contribution in [0.1, 0.15) is 22.6 Å². The summed E-state index contributed by atoms with van der Waals surface area (Å²) in [5, 5.41) is 9.75. The van der Waals surface area contributed by atoms with Crippen LogP contribution in [0.2, 0.25) is 5.02 Å². The minimum absolute atomic E-state index is 0.746. The lowest BCUT2D eigenvalue weighted by atomic mass is 10.2. The summed E-state index contributed by atoms with van der Waals surface area (Å²) in [6.07, 6.45) is 3.68. The van der Waals surface area contributed by atoms with Gasteiger partial charge in [-0.05, 0) is 43.5 Å². The average Bonchev–Trinajstić information content (AvgIpc) is 3.11. The topological polar surface area (TPSA) is 44.9 Å². The van der Waals surface area contributed by atoms with Gasteiger partial charge in [0.25, 0.3) is 0 Å². The van der Waals surface area contributed by atoms with Crippen molar-refractivity contribution in [1.82, 2.24) is 19.6 Å². The summed E-state index contributed by atoms with van der Waals surface area (Å²) in [5.74, 6) is 0.864. The van der Waals surface area contributed by atoms with Gasteiger partial charge in [0.15, 0.2) is 0 Å². The van der Waals surface area contributed by atoms with E-state index in [0.29, 0.717) is 0 Å². The van der Waals surface area contributed by atoms with E-state index in [9.17, 15) is 0 Å². The van der Waals surface area contributed by atoms with Gasteiger partial charge in [-0.25, -0.2) is 0 Å². The van der Waals surface area contributed by atoms with E-state index in [1.54, 1.807) is 7.11 Å². The number of ether oxygens (including phenoxy) is 1. The maximum Gasteiger partial charge on any atom is 0.118 e. The second-order valence-corrected chi connectivity index (χ2v) is 6.20. The third-order valence-corrected chi connectivity index (χ3v) is 4.57. The highest BCUT2D eigenvalue weighted by Gasteiger charge is 2.11. The Balaban J connectivity index is 1.62. The Labute approximate surface area is 146 Å². The van der Waals surface area contributed by atoms with Crippen molar-refractivity contribution >= 4 is 11.6 Å². The van der Waals surface area contributed by atoms with Crippen molar-refractivity contribution in [2.75, 3.05) is 7.11 Å². The van der Waals surface area contributed by atoms with Gasteiger partial charge in [0.05, 0.1) is 35.8 Å². The smallest absolute Gasteiger partial charge is 0.118 e. The predicted octanol–water partition coefficient (Wildman–Crippen LogP) is 3.42. The first-order chi connectivity index (χ1) is 11.6. The molecule has 0 aliphatic rings. The molecule has 2 aromatic heterocycles. The molecule has 0 atom stereocenters. The molecule has 0 bridgehead atoms. The number of hydrogen-bond acceptors (Lipinski definition) is 3. The van der Waals surface area contributed by atoms with Crippen LogP contribution in [0.5, 0.6) is 5.75 Å². The zero-order chi connectivity index (χ0) is 17.1. The molecule has 3 aromatic rings. The quantitative estimate of drug-likeness (QED) is 0.688. The number of nitrogens with zero attached hydrogens (tertiary/aromatic N) is 4. The lowest BCUT2D eigenvalue weighted by Gasteiger charge is -2.04. The Kier molecular flexibility index (Phi) is 4.90. The van der Waals surface area contributed by atoms with Crippen LogP contribution in [-0.4, -0.2) is 26.7 Å². The van der Waals surface area contributed by atoms with Gasteiger partial charge in [-0.15, -0.1) is 0 Å². The van der Waals surface area contributed by atoms with Crippen molar-refractivity contribution in [3.63, 3.8) is 0 Å². The Morgan fingerprint density at radius 2 is 1.83 bits per heavy atom. The Morgan fingerprint density at radius 3 is 2.46 bits per heavy atom. The molecule has 0 fully saturated rings. The first-order valence-electron chi connectivity index (χ1n) is 7.90. The molecule has 0 aliphatic heterocycles. The molecule has 5 nitrogen and oxygen atoms in total. The summed E-state index contributed by atoms with van der Waals surface area (Å²) < 4.78 is 8.98.